The first-order chi connectivity index (χ1) is 8.38. The molecule has 1 aliphatic carbocycles. The molecule has 2 rings (SSSR count). The van der Waals surface area contributed by atoms with Crippen molar-refractivity contribution >= 4 is 5.82 Å². The van der Waals surface area contributed by atoms with Crippen LogP contribution in [0.5, 0.6) is 0 Å². The van der Waals surface area contributed by atoms with Gasteiger partial charge in [0.25, 0.3) is 0 Å². The molecule has 1 heterocycles. The molecular formula is C14H23N3O. The van der Waals surface area contributed by atoms with Gasteiger partial charge in [0.2, 0.25) is 0 Å². The molecule has 0 spiro atoms. The first-order valence-electron chi connectivity index (χ1n) is 6.53. The van der Waals surface area contributed by atoms with Crippen LogP contribution in [0.15, 0.2) is 6.20 Å². The van der Waals surface area contributed by atoms with Crippen LogP contribution in [0.4, 0.5) is 5.82 Å². The molecule has 0 atom stereocenters. The molecule has 1 aliphatic rings. The first kappa shape index (κ1) is 13.3. The van der Waals surface area contributed by atoms with E-state index in [1.807, 2.05) is 6.92 Å². The lowest BCUT2D eigenvalue weighted by Crippen LogP contribution is -2.38. The van der Waals surface area contributed by atoms with Gasteiger partial charge in [-0.15, -0.1) is 0 Å². The average Bonchev–Trinajstić information content (AvgIpc) is 2.34. The minimum atomic E-state index is -0.350. The number of nitrogens with two attached hydrogens (primary N) is 1. The van der Waals surface area contributed by atoms with Crippen molar-refractivity contribution in [1.29, 1.82) is 0 Å². The van der Waals surface area contributed by atoms with Gasteiger partial charge in [-0.2, -0.15) is 0 Å². The highest BCUT2D eigenvalue weighted by Crippen LogP contribution is 2.46. The Kier molecular flexibility index (Phi) is 3.32. The number of rotatable bonds is 2. The third-order valence-electron chi connectivity index (χ3n) is 4.22. The smallest absolute Gasteiger partial charge is 0.162 e. The van der Waals surface area contributed by atoms with Crippen LogP contribution in [0.25, 0.3) is 0 Å². The lowest BCUT2D eigenvalue weighted by molar-refractivity contribution is -0.0728. The summed E-state index contributed by atoms with van der Waals surface area (Å²) >= 11 is 0. The Morgan fingerprint density at radius 3 is 2.33 bits per heavy atom. The van der Waals surface area contributed by atoms with Crippen molar-refractivity contribution in [2.75, 3.05) is 12.8 Å². The van der Waals surface area contributed by atoms with Gasteiger partial charge in [-0.05, 0) is 38.0 Å². The summed E-state index contributed by atoms with van der Waals surface area (Å²) in [6, 6.07) is 0. The van der Waals surface area contributed by atoms with Gasteiger partial charge in [0.1, 0.15) is 11.4 Å². The summed E-state index contributed by atoms with van der Waals surface area (Å²) in [5, 5.41) is 0. The summed E-state index contributed by atoms with van der Waals surface area (Å²) < 4.78 is 5.77. The van der Waals surface area contributed by atoms with Crippen molar-refractivity contribution in [3.05, 3.63) is 17.6 Å². The van der Waals surface area contributed by atoms with Gasteiger partial charge in [0, 0.05) is 18.9 Å². The van der Waals surface area contributed by atoms with E-state index in [1.54, 1.807) is 13.3 Å². The predicted molar refractivity (Wildman–Crippen MR) is 72.1 cm³/mol. The van der Waals surface area contributed by atoms with Crippen LogP contribution in [0.2, 0.25) is 0 Å². The van der Waals surface area contributed by atoms with Gasteiger partial charge in [-0.1, -0.05) is 13.8 Å². The van der Waals surface area contributed by atoms with E-state index < -0.39 is 0 Å². The molecule has 1 aromatic rings. The summed E-state index contributed by atoms with van der Waals surface area (Å²) in [7, 11) is 1.75. The molecule has 0 saturated heterocycles. The van der Waals surface area contributed by atoms with E-state index in [-0.39, 0.29) is 5.60 Å². The maximum atomic E-state index is 5.89. The van der Waals surface area contributed by atoms with Crippen LogP contribution in [0.1, 0.15) is 50.9 Å². The number of ether oxygens (including phenoxy) is 1. The Bertz CT molecular complexity index is 433. The number of anilines is 1. The first-order valence-corrected chi connectivity index (χ1v) is 6.53. The van der Waals surface area contributed by atoms with Gasteiger partial charge in [0.15, 0.2) is 5.82 Å². The SMILES string of the molecule is COC1(c2ncc(C)c(N)n2)CCC(C)(C)CC1. The Hall–Kier alpha value is -1.16. The summed E-state index contributed by atoms with van der Waals surface area (Å²) in [6.45, 7) is 6.52. The van der Waals surface area contributed by atoms with E-state index in [4.69, 9.17) is 10.5 Å². The zero-order valence-electron chi connectivity index (χ0n) is 11.8. The van der Waals surface area contributed by atoms with Crippen molar-refractivity contribution in [3.63, 3.8) is 0 Å². The zero-order chi connectivity index (χ0) is 13.4. The molecule has 0 bridgehead atoms. The number of aryl methyl sites for hydroxylation is 1. The predicted octanol–water partition coefficient (Wildman–Crippen LogP) is 2.81. The zero-order valence-corrected chi connectivity index (χ0v) is 11.8. The van der Waals surface area contributed by atoms with E-state index in [1.165, 1.54) is 0 Å². The molecule has 0 aliphatic heterocycles. The third-order valence-corrected chi connectivity index (χ3v) is 4.22. The molecule has 18 heavy (non-hydrogen) atoms. The van der Waals surface area contributed by atoms with E-state index >= 15 is 0 Å². The molecule has 0 radical (unpaired) electrons. The molecule has 100 valence electrons. The van der Waals surface area contributed by atoms with Crippen LogP contribution in [0, 0.1) is 12.3 Å². The van der Waals surface area contributed by atoms with Crippen molar-refractivity contribution in [2.24, 2.45) is 5.41 Å². The standard InChI is InChI=1S/C14H23N3O/c1-10-9-16-12(17-11(10)15)14(18-4)7-5-13(2,3)6-8-14/h9H,5-8H2,1-4H3,(H2,15,16,17). The van der Waals surface area contributed by atoms with Gasteiger partial charge in [-0.25, -0.2) is 9.97 Å². The van der Waals surface area contributed by atoms with Crippen molar-refractivity contribution in [1.82, 2.24) is 9.97 Å². The van der Waals surface area contributed by atoms with E-state index in [2.05, 4.69) is 23.8 Å². The quantitative estimate of drug-likeness (QED) is 0.875. The normalized spacial score (nSPS) is 21.8. The minimum Gasteiger partial charge on any atom is -0.383 e. The van der Waals surface area contributed by atoms with Gasteiger partial charge in [0.05, 0.1) is 0 Å². The monoisotopic (exact) mass is 249 g/mol. The fraction of sp³-hybridized carbons (Fsp3) is 0.714. The van der Waals surface area contributed by atoms with Crippen LogP contribution < -0.4 is 5.73 Å². The second-order valence-corrected chi connectivity index (χ2v) is 6.12. The maximum absolute atomic E-state index is 5.89. The van der Waals surface area contributed by atoms with Crippen molar-refractivity contribution in [3.8, 4) is 0 Å². The summed E-state index contributed by atoms with van der Waals surface area (Å²) in [4.78, 5) is 8.87. The van der Waals surface area contributed by atoms with Crippen molar-refractivity contribution < 1.29 is 4.74 Å². The topological polar surface area (TPSA) is 61.0 Å². The molecule has 0 unspecified atom stereocenters. The highest BCUT2D eigenvalue weighted by Gasteiger charge is 2.42. The lowest BCUT2D eigenvalue weighted by atomic mass is 9.70. The highest BCUT2D eigenvalue weighted by molar-refractivity contribution is 5.36. The Labute approximate surface area is 109 Å². The minimum absolute atomic E-state index is 0.350. The van der Waals surface area contributed by atoms with Crippen molar-refractivity contribution in [2.45, 2.75) is 52.1 Å². The number of nitrogen functional groups attached to an aromatic ring is 1. The summed E-state index contributed by atoms with van der Waals surface area (Å²) in [5.41, 5.74) is 6.84. The maximum Gasteiger partial charge on any atom is 0.162 e. The van der Waals surface area contributed by atoms with Crippen LogP contribution in [-0.2, 0) is 10.3 Å². The van der Waals surface area contributed by atoms with Gasteiger partial charge < -0.3 is 10.5 Å². The molecule has 2 N–H and O–H groups in total. The fourth-order valence-electron chi connectivity index (χ4n) is 2.52. The fourth-order valence-corrected chi connectivity index (χ4v) is 2.52. The second kappa shape index (κ2) is 4.50. The number of nitrogens with zero attached hydrogens (tertiary/aromatic N) is 2. The number of hydrogen-bond acceptors (Lipinski definition) is 4. The average molecular weight is 249 g/mol. The Balaban J connectivity index is 2.30. The Morgan fingerprint density at radius 1 is 1.22 bits per heavy atom. The number of aromatic nitrogens is 2. The van der Waals surface area contributed by atoms with E-state index in [0.717, 1.165) is 37.1 Å². The molecule has 1 aromatic heterocycles. The van der Waals surface area contributed by atoms with E-state index in [9.17, 15) is 0 Å². The third kappa shape index (κ3) is 2.34. The molecular weight excluding hydrogens is 226 g/mol. The molecule has 0 aromatic carbocycles. The number of methoxy groups -OCH3 is 1. The lowest BCUT2D eigenvalue weighted by Gasteiger charge is -2.41. The van der Waals surface area contributed by atoms with Gasteiger partial charge >= 0.3 is 0 Å². The Morgan fingerprint density at radius 2 is 1.83 bits per heavy atom. The molecule has 0 amide bonds. The molecule has 1 saturated carbocycles. The van der Waals surface area contributed by atoms with Crippen LogP contribution in [0.3, 0.4) is 0 Å². The van der Waals surface area contributed by atoms with Crippen LogP contribution >= 0.6 is 0 Å². The van der Waals surface area contributed by atoms with E-state index in [0.29, 0.717) is 11.2 Å². The number of hydrogen-bond donors (Lipinski definition) is 1. The summed E-state index contributed by atoms with van der Waals surface area (Å²) in [5.74, 6) is 1.30. The highest BCUT2D eigenvalue weighted by atomic mass is 16.5. The molecule has 4 nitrogen and oxygen atoms in total. The second-order valence-electron chi connectivity index (χ2n) is 6.12. The van der Waals surface area contributed by atoms with Gasteiger partial charge in [-0.3, -0.25) is 0 Å². The largest absolute Gasteiger partial charge is 0.383 e. The van der Waals surface area contributed by atoms with Crippen LogP contribution in [-0.4, -0.2) is 17.1 Å². The molecule has 4 heteroatoms. The summed E-state index contributed by atoms with van der Waals surface area (Å²) in [6.07, 6.45) is 5.95. The molecule has 1 fully saturated rings.